The van der Waals surface area contributed by atoms with Gasteiger partial charge in [0.05, 0.1) is 19.3 Å². The van der Waals surface area contributed by atoms with Crippen LogP contribution in [0.25, 0.3) is 11.1 Å². The van der Waals surface area contributed by atoms with Gasteiger partial charge in [-0.05, 0) is 17.7 Å². The maximum atomic E-state index is 11.1. The van der Waals surface area contributed by atoms with E-state index in [1.807, 2.05) is 30.3 Å². The molecule has 0 saturated carbocycles. The van der Waals surface area contributed by atoms with E-state index in [9.17, 15) is 4.79 Å². The molecule has 23 heavy (non-hydrogen) atoms. The maximum absolute atomic E-state index is 11.1. The first-order valence-corrected chi connectivity index (χ1v) is 7.00. The van der Waals surface area contributed by atoms with E-state index >= 15 is 0 Å². The van der Waals surface area contributed by atoms with Gasteiger partial charge in [-0.1, -0.05) is 30.3 Å². The molecule has 2 aromatic carbocycles. The van der Waals surface area contributed by atoms with Gasteiger partial charge >= 0.3 is 5.97 Å². The Labute approximate surface area is 132 Å². The molecule has 0 saturated heterocycles. The maximum Gasteiger partial charge on any atom is 0.335 e. The highest BCUT2D eigenvalue weighted by atomic mass is 16.5. The third-order valence-corrected chi connectivity index (χ3v) is 3.30. The van der Waals surface area contributed by atoms with Crippen molar-refractivity contribution in [2.45, 2.75) is 13.2 Å². The van der Waals surface area contributed by atoms with Crippen LogP contribution in [0.5, 0.6) is 5.75 Å². The fourth-order valence-corrected chi connectivity index (χ4v) is 2.22. The van der Waals surface area contributed by atoms with Crippen molar-refractivity contribution in [3.63, 3.8) is 0 Å². The van der Waals surface area contributed by atoms with Crippen LogP contribution in [0.1, 0.15) is 21.8 Å². The van der Waals surface area contributed by atoms with Crippen LogP contribution in [0.2, 0.25) is 0 Å². The van der Waals surface area contributed by atoms with Gasteiger partial charge in [0.25, 0.3) is 0 Å². The molecule has 6 nitrogen and oxygen atoms in total. The molecule has 3 rings (SSSR count). The summed E-state index contributed by atoms with van der Waals surface area (Å²) in [5.41, 5.74) is 1.99. The van der Waals surface area contributed by atoms with E-state index in [4.69, 9.17) is 19.0 Å². The number of hydrogen-bond donors (Lipinski definition) is 1. The number of aromatic nitrogens is 1. The largest absolute Gasteiger partial charge is 0.493 e. The smallest absolute Gasteiger partial charge is 0.335 e. The number of carbonyl (C=O) groups is 1. The van der Waals surface area contributed by atoms with Gasteiger partial charge in [0.2, 0.25) is 5.89 Å². The van der Waals surface area contributed by atoms with E-state index in [2.05, 4.69) is 4.98 Å². The number of oxazole rings is 1. The Morgan fingerprint density at radius 3 is 2.70 bits per heavy atom. The molecule has 0 bridgehead atoms. The highest BCUT2D eigenvalue weighted by molar-refractivity contribution is 5.94. The van der Waals surface area contributed by atoms with Gasteiger partial charge < -0.3 is 19.0 Å². The average molecular weight is 313 g/mol. The molecule has 1 aromatic heterocycles. The number of carboxylic acids is 1. The lowest BCUT2D eigenvalue weighted by molar-refractivity contribution is 0.0696. The molecule has 0 amide bonds. The molecule has 6 heteroatoms. The van der Waals surface area contributed by atoms with Crippen molar-refractivity contribution in [2.24, 2.45) is 0 Å². The second kappa shape index (κ2) is 6.50. The average Bonchev–Trinajstić information content (AvgIpc) is 2.97. The van der Waals surface area contributed by atoms with Crippen LogP contribution in [0.3, 0.4) is 0 Å². The van der Waals surface area contributed by atoms with Gasteiger partial charge in [-0.2, -0.15) is 0 Å². The normalized spacial score (nSPS) is 10.8. The number of aromatic carboxylic acids is 1. The predicted octanol–water partition coefficient (Wildman–Crippen LogP) is 3.25. The lowest BCUT2D eigenvalue weighted by Crippen LogP contribution is -1.97. The van der Waals surface area contributed by atoms with Crippen LogP contribution in [-0.4, -0.2) is 23.2 Å². The minimum atomic E-state index is -1.05. The summed E-state index contributed by atoms with van der Waals surface area (Å²) in [5.74, 6) is -0.339. The van der Waals surface area contributed by atoms with Crippen molar-refractivity contribution < 1.29 is 23.8 Å². The van der Waals surface area contributed by atoms with E-state index in [1.165, 1.54) is 19.2 Å². The molecule has 0 aliphatic heterocycles. The predicted molar refractivity (Wildman–Crippen MR) is 82.5 cm³/mol. The van der Waals surface area contributed by atoms with Crippen LogP contribution < -0.4 is 4.74 Å². The van der Waals surface area contributed by atoms with E-state index in [1.54, 1.807) is 0 Å². The number of benzene rings is 2. The highest BCUT2D eigenvalue weighted by Crippen LogP contribution is 2.28. The van der Waals surface area contributed by atoms with E-state index < -0.39 is 5.97 Å². The fourth-order valence-electron chi connectivity index (χ4n) is 2.22. The summed E-state index contributed by atoms with van der Waals surface area (Å²) in [6.45, 7) is 0.631. The second-order valence-corrected chi connectivity index (χ2v) is 4.92. The van der Waals surface area contributed by atoms with Gasteiger partial charge in [-0.15, -0.1) is 0 Å². The zero-order valence-electron chi connectivity index (χ0n) is 12.5. The fraction of sp³-hybridized carbons (Fsp3) is 0.176. The summed E-state index contributed by atoms with van der Waals surface area (Å²) < 4.78 is 16.3. The molecule has 118 valence electrons. The zero-order valence-corrected chi connectivity index (χ0v) is 12.5. The van der Waals surface area contributed by atoms with Gasteiger partial charge in [-0.25, -0.2) is 9.78 Å². The van der Waals surface area contributed by atoms with Crippen molar-refractivity contribution in [2.75, 3.05) is 7.11 Å². The number of fused-ring (bicyclic) bond motifs is 1. The first kappa shape index (κ1) is 15.1. The molecule has 3 aromatic rings. The van der Waals surface area contributed by atoms with Gasteiger partial charge in [-0.3, -0.25) is 0 Å². The van der Waals surface area contributed by atoms with Crippen molar-refractivity contribution in [1.82, 2.24) is 4.98 Å². The highest BCUT2D eigenvalue weighted by Gasteiger charge is 2.15. The summed E-state index contributed by atoms with van der Waals surface area (Å²) in [6.07, 6.45) is 0. The number of methoxy groups -OCH3 is 1. The first-order valence-electron chi connectivity index (χ1n) is 7.00. The molecule has 0 aliphatic carbocycles. The standard InChI is InChI=1S/C17H15NO5/c1-21-14-8-12(17(19)20)7-13-16(14)23-15(18-13)10-22-9-11-5-3-2-4-6-11/h2-8H,9-10H2,1H3,(H,19,20). The topological polar surface area (TPSA) is 81.8 Å². The van der Waals surface area contributed by atoms with Crippen LogP contribution in [0.15, 0.2) is 46.9 Å². The third-order valence-electron chi connectivity index (χ3n) is 3.30. The Bertz CT molecular complexity index is 826. The molecule has 0 fully saturated rings. The summed E-state index contributed by atoms with van der Waals surface area (Å²) in [7, 11) is 1.45. The molecule has 1 heterocycles. The van der Waals surface area contributed by atoms with Gasteiger partial charge in [0.1, 0.15) is 12.1 Å². The number of carboxylic acid groups (broad SMARTS) is 1. The molecule has 0 unspecified atom stereocenters. The van der Waals surface area contributed by atoms with Crippen LogP contribution in [0, 0.1) is 0 Å². The SMILES string of the molecule is COc1cc(C(=O)O)cc2nc(COCc3ccccc3)oc12. The molecule has 0 atom stereocenters. The summed E-state index contributed by atoms with van der Waals surface area (Å²) in [6, 6.07) is 12.6. The Kier molecular flexibility index (Phi) is 4.25. The van der Waals surface area contributed by atoms with Gasteiger partial charge in [0, 0.05) is 0 Å². The molecule has 0 spiro atoms. The van der Waals surface area contributed by atoms with E-state index in [0.717, 1.165) is 5.56 Å². The summed E-state index contributed by atoms with van der Waals surface area (Å²) >= 11 is 0. The van der Waals surface area contributed by atoms with Crippen molar-refractivity contribution in [1.29, 1.82) is 0 Å². The van der Waals surface area contributed by atoms with E-state index in [-0.39, 0.29) is 12.2 Å². The Balaban J connectivity index is 1.78. The lowest BCUT2D eigenvalue weighted by atomic mass is 10.2. The summed E-state index contributed by atoms with van der Waals surface area (Å²) in [4.78, 5) is 15.4. The first-order chi connectivity index (χ1) is 11.2. The molecule has 0 aliphatic rings. The Morgan fingerprint density at radius 2 is 2.00 bits per heavy atom. The monoisotopic (exact) mass is 313 g/mol. The van der Waals surface area contributed by atoms with Crippen LogP contribution in [0.4, 0.5) is 0 Å². The Morgan fingerprint density at radius 1 is 1.22 bits per heavy atom. The van der Waals surface area contributed by atoms with E-state index in [0.29, 0.717) is 29.3 Å². The number of ether oxygens (including phenoxy) is 2. The Hall–Kier alpha value is -2.86. The zero-order chi connectivity index (χ0) is 16.2. The second-order valence-electron chi connectivity index (χ2n) is 4.92. The quantitative estimate of drug-likeness (QED) is 0.752. The van der Waals surface area contributed by atoms with Crippen LogP contribution >= 0.6 is 0 Å². The molecular weight excluding hydrogens is 298 g/mol. The van der Waals surface area contributed by atoms with Gasteiger partial charge in [0.15, 0.2) is 11.3 Å². The van der Waals surface area contributed by atoms with Crippen molar-refractivity contribution in [3.05, 3.63) is 59.5 Å². The minimum Gasteiger partial charge on any atom is -0.493 e. The van der Waals surface area contributed by atoms with Crippen molar-refractivity contribution >= 4 is 17.1 Å². The third kappa shape index (κ3) is 3.32. The molecular formula is C17H15NO5. The minimum absolute atomic E-state index is 0.0967. The summed E-state index contributed by atoms with van der Waals surface area (Å²) in [5, 5.41) is 9.10. The lowest BCUT2D eigenvalue weighted by Gasteiger charge is -2.01. The van der Waals surface area contributed by atoms with Crippen LogP contribution in [-0.2, 0) is 18.0 Å². The molecule has 0 radical (unpaired) electrons. The number of rotatable bonds is 6. The van der Waals surface area contributed by atoms with Crippen molar-refractivity contribution in [3.8, 4) is 5.75 Å². The number of hydrogen-bond acceptors (Lipinski definition) is 5. The molecule has 1 N–H and O–H groups in total. The number of nitrogens with zero attached hydrogens (tertiary/aromatic N) is 1.